The van der Waals surface area contributed by atoms with Crippen LogP contribution in [-0.2, 0) is 11.3 Å². The number of carbonyl (C=O) groups excluding carboxylic acids is 1. The molecule has 0 unspecified atom stereocenters. The number of carbonyl (C=O) groups is 1. The molecule has 0 atom stereocenters. The average molecular weight is 322 g/mol. The Kier molecular flexibility index (Phi) is 4.33. The van der Waals surface area contributed by atoms with Gasteiger partial charge in [-0.3, -0.25) is 9.59 Å². The van der Waals surface area contributed by atoms with E-state index in [1.165, 1.54) is 18.3 Å². The first-order valence-corrected chi connectivity index (χ1v) is 7.21. The van der Waals surface area contributed by atoms with Crippen molar-refractivity contribution in [2.75, 3.05) is 5.32 Å². The Hall–Kier alpha value is -3.48. The molecule has 0 aliphatic carbocycles. The molecule has 0 saturated carbocycles. The topological polar surface area (TPSA) is 97.1 Å². The van der Waals surface area contributed by atoms with Crippen molar-refractivity contribution in [3.8, 4) is 17.0 Å². The molecule has 1 amide bonds. The fourth-order valence-electron chi connectivity index (χ4n) is 2.13. The monoisotopic (exact) mass is 322 g/mol. The zero-order valence-electron chi connectivity index (χ0n) is 12.6. The molecule has 120 valence electrons. The summed E-state index contributed by atoms with van der Waals surface area (Å²) in [5.74, 6) is -0.622. The average Bonchev–Trinajstić information content (AvgIpc) is 2.60. The molecule has 0 aliphatic heterocycles. The van der Waals surface area contributed by atoms with Gasteiger partial charge in [-0.15, -0.1) is 0 Å². The number of anilines is 1. The van der Waals surface area contributed by atoms with Gasteiger partial charge in [0.2, 0.25) is 5.91 Å². The Balaban J connectivity index is 1.81. The van der Waals surface area contributed by atoms with Gasteiger partial charge in [-0.25, -0.2) is 9.67 Å². The third-order valence-electron chi connectivity index (χ3n) is 3.27. The van der Waals surface area contributed by atoms with Gasteiger partial charge < -0.3 is 10.4 Å². The molecule has 2 heterocycles. The van der Waals surface area contributed by atoms with Gasteiger partial charge in [-0.05, 0) is 18.2 Å². The second kappa shape index (κ2) is 6.74. The number of hydrogen-bond acceptors (Lipinski definition) is 5. The van der Waals surface area contributed by atoms with Crippen LogP contribution in [0.3, 0.4) is 0 Å². The Morgan fingerprint density at radius 1 is 1.08 bits per heavy atom. The summed E-state index contributed by atoms with van der Waals surface area (Å²) in [5, 5.41) is 16.3. The van der Waals surface area contributed by atoms with Crippen molar-refractivity contribution in [3.63, 3.8) is 0 Å². The second-order valence-electron chi connectivity index (χ2n) is 5.00. The molecule has 0 fully saturated rings. The van der Waals surface area contributed by atoms with E-state index in [1.807, 2.05) is 30.3 Å². The van der Waals surface area contributed by atoms with Crippen LogP contribution in [-0.4, -0.2) is 25.8 Å². The van der Waals surface area contributed by atoms with Crippen LogP contribution in [0.2, 0.25) is 0 Å². The summed E-state index contributed by atoms with van der Waals surface area (Å²) < 4.78 is 1.07. The van der Waals surface area contributed by atoms with Gasteiger partial charge >= 0.3 is 0 Å². The summed E-state index contributed by atoms with van der Waals surface area (Å²) in [4.78, 5) is 27.8. The fraction of sp³-hybridized carbons (Fsp3) is 0.0588. The molecular formula is C17H14N4O3. The van der Waals surface area contributed by atoms with Gasteiger partial charge in [-0.2, -0.15) is 5.10 Å². The van der Waals surface area contributed by atoms with Gasteiger partial charge in [0.1, 0.15) is 6.54 Å². The van der Waals surface area contributed by atoms with E-state index in [0.29, 0.717) is 5.69 Å². The summed E-state index contributed by atoms with van der Waals surface area (Å²) >= 11 is 0. The first kappa shape index (κ1) is 15.4. The Morgan fingerprint density at radius 3 is 2.62 bits per heavy atom. The van der Waals surface area contributed by atoms with Crippen molar-refractivity contribution >= 4 is 11.7 Å². The number of pyridine rings is 1. The Bertz CT molecular complexity index is 922. The lowest BCUT2D eigenvalue weighted by Gasteiger charge is -2.08. The van der Waals surface area contributed by atoms with E-state index in [9.17, 15) is 14.7 Å². The van der Waals surface area contributed by atoms with Crippen molar-refractivity contribution in [1.29, 1.82) is 0 Å². The zero-order valence-corrected chi connectivity index (χ0v) is 12.6. The van der Waals surface area contributed by atoms with E-state index in [-0.39, 0.29) is 18.1 Å². The Labute approximate surface area is 137 Å². The van der Waals surface area contributed by atoms with E-state index in [1.54, 1.807) is 12.1 Å². The van der Waals surface area contributed by atoms with Crippen LogP contribution >= 0.6 is 0 Å². The highest BCUT2D eigenvalue weighted by Crippen LogP contribution is 2.18. The second-order valence-corrected chi connectivity index (χ2v) is 5.00. The van der Waals surface area contributed by atoms with Gasteiger partial charge in [0.25, 0.3) is 5.56 Å². The lowest BCUT2D eigenvalue weighted by atomic mass is 10.1. The highest BCUT2D eigenvalue weighted by atomic mass is 16.3. The van der Waals surface area contributed by atoms with E-state index < -0.39 is 11.5 Å². The quantitative estimate of drug-likeness (QED) is 0.761. The number of hydrogen-bond donors (Lipinski definition) is 2. The van der Waals surface area contributed by atoms with Crippen molar-refractivity contribution in [2.45, 2.75) is 6.54 Å². The maximum atomic E-state index is 12.1. The van der Waals surface area contributed by atoms with Crippen LogP contribution in [0.15, 0.2) is 65.6 Å². The van der Waals surface area contributed by atoms with Crippen molar-refractivity contribution in [2.24, 2.45) is 0 Å². The van der Waals surface area contributed by atoms with Gasteiger partial charge in [0.05, 0.1) is 5.69 Å². The Morgan fingerprint density at radius 2 is 1.88 bits per heavy atom. The summed E-state index contributed by atoms with van der Waals surface area (Å²) in [6, 6.07) is 15.3. The minimum atomic E-state index is -0.510. The third kappa shape index (κ3) is 3.46. The number of nitrogens with zero attached hydrogens (tertiary/aromatic N) is 3. The summed E-state index contributed by atoms with van der Waals surface area (Å²) in [5.41, 5.74) is 1.03. The molecule has 7 heteroatoms. The maximum absolute atomic E-state index is 12.1. The summed E-state index contributed by atoms with van der Waals surface area (Å²) in [7, 11) is 0. The molecule has 0 bridgehead atoms. The van der Waals surface area contributed by atoms with E-state index >= 15 is 0 Å². The number of aromatic nitrogens is 3. The first-order valence-electron chi connectivity index (χ1n) is 7.21. The predicted molar refractivity (Wildman–Crippen MR) is 88.5 cm³/mol. The molecule has 2 aromatic heterocycles. The molecular weight excluding hydrogens is 308 g/mol. The third-order valence-corrected chi connectivity index (χ3v) is 3.27. The zero-order chi connectivity index (χ0) is 16.9. The van der Waals surface area contributed by atoms with Crippen molar-refractivity contribution in [1.82, 2.24) is 14.8 Å². The fourth-order valence-corrected chi connectivity index (χ4v) is 2.13. The largest absolute Gasteiger partial charge is 0.504 e. The van der Waals surface area contributed by atoms with Crippen molar-refractivity contribution in [3.05, 3.63) is 71.1 Å². The summed E-state index contributed by atoms with van der Waals surface area (Å²) in [6.07, 6.45) is 1.44. The molecule has 7 nitrogen and oxygen atoms in total. The van der Waals surface area contributed by atoms with E-state index in [2.05, 4.69) is 15.4 Å². The number of rotatable bonds is 4. The molecule has 3 aromatic rings. The molecule has 0 radical (unpaired) electrons. The number of nitrogens with one attached hydrogen (secondary N) is 1. The van der Waals surface area contributed by atoms with Crippen molar-refractivity contribution < 1.29 is 9.90 Å². The molecule has 0 spiro atoms. The van der Waals surface area contributed by atoms with Crippen LogP contribution in [0.25, 0.3) is 11.3 Å². The lowest BCUT2D eigenvalue weighted by Crippen LogP contribution is -2.29. The lowest BCUT2D eigenvalue weighted by molar-refractivity contribution is -0.117. The molecule has 2 N–H and O–H groups in total. The van der Waals surface area contributed by atoms with Gasteiger partial charge in [0.15, 0.2) is 11.6 Å². The van der Waals surface area contributed by atoms with Crippen LogP contribution < -0.4 is 10.9 Å². The summed E-state index contributed by atoms with van der Waals surface area (Å²) in [6.45, 7) is -0.282. The van der Waals surface area contributed by atoms with Gasteiger partial charge in [-0.1, -0.05) is 30.3 Å². The number of benzene rings is 1. The molecule has 0 saturated heterocycles. The van der Waals surface area contributed by atoms with Crippen LogP contribution in [0.4, 0.5) is 5.82 Å². The standard InChI is InChI=1S/C17H14N4O3/c22-14-7-4-10-18-17(14)19-15(23)11-21-16(24)9-8-13(20-21)12-5-2-1-3-6-12/h1-10,22H,11H2,(H,18,19,23). The highest BCUT2D eigenvalue weighted by molar-refractivity contribution is 5.90. The normalized spacial score (nSPS) is 10.3. The maximum Gasteiger partial charge on any atom is 0.267 e. The van der Waals surface area contributed by atoms with Gasteiger partial charge in [0, 0.05) is 17.8 Å². The number of amides is 1. The first-order chi connectivity index (χ1) is 11.6. The van der Waals surface area contributed by atoms with E-state index in [0.717, 1.165) is 10.2 Å². The van der Waals surface area contributed by atoms with E-state index in [4.69, 9.17) is 0 Å². The molecule has 1 aromatic carbocycles. The van der Waals surface area contributed by atoms with Crippen LogP contribution in [0.5, 0.6) is 5.75 Å². The number of aromatic hydroxyl groups is 1. The minimum Gasteiger partial charge on any atom is -0.504 e. The minimum absolute atomic E-state index is 0.0368. The smallest absolute Gasteiger partial charge is 0.267 e. The molecule has 0 aliphatic rings. The molecule has 24 heavy (non-hydrogen) atoms. The predicted octanol–water partition coefficient (Wildman–Crippen LogP) is 1.65. The molecule has 3 rings (SSSR count). The van der Waals surface area contributed by atoms with Crippen LogP contribution in [0.1, 0.15) is 0 Å². The SMILES string of the molecule is O=C(Cn1nc(-c2ccccc2)ccc1=O)Nc1ncccc1O. The highest BCUT2D eigenvalue weighted by Gasteiger charge is 2.10. The van der Waals surface area contributed by atoms with Crippen LogP contribution in [0, 0.1) is 0 Å².